The largest absolute Gasteiger partial charge is 0.504 e. The van der Waals surface area contributed by atoms with E-state index in [1.165, 1.54) is 24.1 Å². The van der Waals surface area contributed by atoms with Crippen LogP contribution in [0.15, 0.2) is 18.2 Å². The van der Waals surface area contributed by atoms with Crippen molar-refractivity contribution in [3.63, 3.8) is 0 Å². The van der Waals surface area contributed by atoms with Crippen LogP contribution in [0.3, 0.4) is 0 Å². The molecule has 6 nitrogen and oxygen atoms in total. The number of benzene rings is 1. The molecule has 0 heterocycles. The van der Waals surface area contributed by atoms with Gasteiger partial charge in [0.25, 0.3) is 5.91 Å². The predicted molar refractivity (Wildman–Crippen MR) is 66.4 cm³/mol. The minimum absolute atomic E-state index is 0.0688. The maximum atomic E-state index is 11.9. The summed E-state index contributed by atoms with van der Waals surface area (Å²) >= 11 is 0. The maximum absolute atomic E-state index is 11.9. The Morgan fingerprint density at radius 2 is 1.89 bits per heavy atom. The van der Waals surface area contributed by atoms with E-state index in [9.17, 15) is 18.3 Å². The fourth-order valence-electron chi connectivity index (χ4n) is 1.28. The van der Waals surface area contributed by atoms with Crippen LogP contribution >= 0.6 is 0 Å². The summed E-state index contributed by atoms with van der Waals surface area (Å²) in [6.07, 6.45) is 1.09. The van der Waals surface area contributed by atoms with Crippen LogP contribution in [0.4, 0.5) is 0 Å². The zero-order chi connectivity index (χ0) is 13.9. The fourth-order valence-corrected chi connectivity index (χ4v) is 1.89. The Morgan fingerprint density at radius 3 is 2.39 bits per heavy atom. The van der Waals surface area contributed by atoms with Gasteiger partial charge in [0.05, 0.1) is 5.75 Å². The Morgan fingerprint density at radius 1 is 1.28 bits per heavy atom. The number of phenols is 2. The number of rotatable bonds is 4. The van der Waals surface area contributed by atoms with Crippen LogP contribution in [0.1, 0.15) is 10.4 Å². The SMILES string of the molecule is CN(CCS(C)(=O)=O)C(=O)c1ccc(O)c(O)c1. The van der Waals surface area contributed by atoms with Crippen LogP contribution in [0.5, 0.6) is 11.5 Å². The van der Waals surface area contributed by atoms with Crippen molar-refractivity contribution in [2.24, 2.45) is 0 Å². The van der Waals surface area contributed by atoms with Crippen molar-refractivity contribution >= 4 is 15.7 Å². The smallest absolute Gasteiger partial charge is 0.253 e. The van der Waals surface area contributed by atoms with Crippen molar-refractivity contribution < 1.29 is 23.4 Å². The van der Waals surface area contributed by atoms with Crippen LogP contribution < -0.4 is 0 Å². The molecular weight excluding hydrogens is 258 g/mol. The molecule has 1 aromatic carbocycles. The van der Waals surface area contributed by atoms with Crippen molar-refractivity contribution in [2.75, 3.05) is 25.6 Å². The highest BCUT2D eigenvalue weighted by Crippen LogP contribution is 2.25. The van der Waals surface area contributed by atoms with E-state index < -0.39 is 21.5 Å². The standard InChI is InChI=1S/C11H15NO5S/c1-12(5-6-18(2,16)17)11(15)8-3-4-9(13)10(14)7-8/h3-4,7,13-14H,5-6H2,1-2H3. The summed E-state index contributed by atoms with van der Waals surface area (Å²) in [7, 11) is -1.66. The summed E-state index contributed by atoms with van der Waals surface area (Å²) in [5.74, 6) is -1.25. The first-order valence-corrected chi connectivity index (χ1v) is 7.22. The lowest BCUT2D eigenvalue weighted by Crippen LogP contribution is -2.31. The first kappa shape index (κ1) is 14.3. The number of aromatic hydroxyl groups is 2. The number of amides is 1. The Labute approximate surface area is 105 Å². The van der Waals surface area contributed by atoms with Crippen LogP contribution in [0.25, 0.3) is 0 Å². The normalized spacial score (nSPS) is 11.2. The van der Waals surface area contributed by atoms with E-state index in [1.807, 2.05) is 0 Å². The summed E-state index contributed by atoms with van der Waals surface area (Å²) < 4.78 is 22.0. The highest BCUT2D eigenvalue weighted by molar-refractivity contribution is 7.90. The van der Waals surface area contributed by atoms with E-state index in [0.29, 0.717) is 0 Å². The molecule has 100 valence electrons. The molecule has 0 unspecified atom stereocenters. The zero-order valence-corrected chi connectivity index (χ0v) is 10.9. The van der Waals surface area contributed by atoms with E-state index in [0.717, 1.165) is 12.3 Å². The van der Waals surface area contributed by atoms with Gasteiger partial charge in [0.15, 0.2) is 11.5 Å². The number of hydrogen-bond donors (Lipinski definition) is 2. The average molecular weight is 273 g/mol. The van der Waals surface area contributed by atoms with E-state index in [-0.39, 0.29) is 23.6 Å². The molecule has 2 N–H and O–H groups in total. The summed E-state index contributed by atoms with van der Waals surface area (Å²) in [4.78, 5) is 13.1. The number of phenolic OH excluding ortho intramolecular Hbond substituents is 2. The van der Waals surface area contributed by atoms with Gasteiger partial charge in [0, 0.05) is 25.4 Å². The molecule has 0 bridgehead atoms. The van der Waals surface area contributed by atoms with Gasteiger partial charge in [-0.1, -0.05) is 0 Å². The van der Waals surface area contributed by atoms with Crippen molar-refractivity contribution in [3.05, 3.63) is 23.8 Å². The van der Waals surface area contributed by atoms with E-state index in [4.69, 9.17) is 5.11 Å². The molecule has 0 aliphatic heterocycles. The molecule has 0 aliphatic carbocycles. The third-order valence-electron chi connectivity index (χ3n) is 2.37. The molecule has 1 aromatic rings. The average Bonchev–Trinajstić information content (AvgIpc) is 2.27. The first-order chi connectivity index (χ1) is 8.20. The fraction of sp³-hybridized carbons (Fsp3) is 0.364. The van der Waals surface area contributed by atoms with E-state index >= 15 is 0 Å². The van der Waals surface area contributed by atoms with Crippen molar-refractivity contribution in [2.45, 2.75) is 0 Å². The van der Waals surface area contributed by atoms with Crippen LogP contribution in [0, 0.1) is 0 Å². The topological polar surface area (TPSA) is 94.9 Å². The van der Waals surface area contributed by atoms with Gasteiger partial charge in [-0.05, 0) is 18.2 Å². The number of carbonyl (C=O) groups excluding carboxylic acids is 1. The number of nitrogens with zero attached hydrogens (tertiary/aromatic N) is 1. The van der Waals surface area contributed by atoms with Crippen LogP contribution in [-0.4, -0.2) is 55.0 Å². The molecule has 0 radical (unpaired) electrons. The second kappa shape index (κ2) is 5.26. The molecule has 0 fully saturated rings. The van der Waals surface area contributed by atoms with Gasteiger partial charge in [-0.25, -0.2) is 8.42 Å². The lowest BCUT2D eigenvalue weighted by molar-refractivity contribution is 0.0803. The molecule has 1 rings (SSSR count). The van der Waals surface area contributed by atoms with Gasteiger partial charge >= 0.3 is 0 Å². The quantitative estimate of drug-likeness (QED) is 0.765. The Hall–Kier alpha value is -1.76. The zero-order valence-electron chi connectivity index (χ0n) is 10.1. The molecule has 0 aliphatic rings. The van der Waals surface area contributed by atoms with Crippen molar-refractivity contribution in [3.8, 4) is 11.5 Å². The molecule has 7 heteroatoms. The lowest BCUT2D eigenvalue weighted by Gasteiger charge is -2.16. The maximum Gasteiger partial charge on any atom is 0.253 e. The Kier molecular flexibility index (Phi) is 4.18. The monoisotopic (exact) mass is 273 g/mol. The second-order valence-corrected chi connectivity index (χ2v) is 6.32. The molecule has 0 saturated heterocycles. The third kappa shape index (κ3) is 3.92. The van der Waals surface area contributed by atoms with Gasteiger partial charge in [0.1, 0.15) is 9.84 Å². The van der Waals surface area contributed by atoms with Gasteiger partial charge in [-0.2, -0.15) is 0 Å². The van der Waals surface area contributed by atoms with Gasteiger partial charge < -0.3 is 15.1 Å². The van der Waals surface area contributed by atoms with E-state index in [1.54, 1.807) is 0 Å². The number of carbonyl (C=O) groups is 1. The summed E-state index contributed by atoms with van der Waals surface area (Å²) in [5, 5.41) is 18.4. The van der Waals surface area contributed by atoms with Crippen molar-refractivity contribution in [1.82, 2.24) is 4.90 Å². The molecular formula is C11H15NO5S. The molecule has 0 atom stereocenters. The minimum Gasteiger partial charge on any atom is -0.504 e. The summed E-state index contributed by atoms with van der Waals surface area (Å²) in [5.41, 5.74) is 0.182. The molecule has 18 heavy (non-hydrogen) atoms. The summed E-state index contributed by atoms with van der Waals surface area (Å²) in [6, 6.07) is 3.69. The van der Waals surface area contributed by atoms with Gasteiger partial charge in [-0.15, -0.1) is 0 Å². The minimum atomic E-state index is -3.13. The van der Waals surface area contributed by atoms with Crippen LogP contribution in [0.2, 0.25) is 0 Å². The summed E-state index contributed by atoms with van der Waals surface area (Å²) in [6.45, 7) is 0.0688. The highest BCUT2D eigenvalue weighted by Gasteiger charge is 2.15. The molecule has 1 amide bonds. The Balaban J connectivity index is 2.77. The van der Waals surface area contributed by atoms with Crippen molar-refractivity contribution in [1.29, 1.82) is 0 Å². The number of sulfone groups is 1. The van der Waals surface area contributed by atoms with Crippen LogP contribution in [-0.2, 0) is 9.84 Å². The molecule has 0 saturated carbocycles. The highest BCUT2D eigenvalue weighted by atomic mass is 32.2. The first-order valence-electron chi connectivity index (χ1n) is 5.16. The van der Waals surface area contributed by atoms with Gasteiger partial charge in [0.2, 0.25) is 0 Å². The van der Waals surface area contributed by atoms with E-state index in [2.05, 4.69) is 0 Å². The van der Waals surface area contributed by atoms with Gasteiger partial charge in [-0.3, -0.25) is 4.79 Å². The number of hydrogen-bond acceptors (Lipinski definition) is 5. The third-order valence-corrected chi connectivity index (χ3v) is 3.29. The second-order valence-electron chi connectivity index (χ2n) is 4.06. The predicted octanol–water partition coefficient (Wildman–Crippen LogP) is 0.214. The molecule has 0 spiro atoms. The molecule has 0 aromatic heterocycles. The lowest BCUT2D eigenvalue weighted by atomic mass is 10.2. The Bertz CT molecular complexity index is 553.